The highest BCUT2D eigenvalue weighted by Crippen LogP contribution is 2.22. The molecule has 1 atom stereocenters. The molecular weight excluding hydrogens is 274 g/mol. The van der Waals surface area contributed by atoms with E-state index in [1.54, 1.807) is 18.2 Å². The van der Waals surface area contributed by atoms with Crippen LogP contribution in [0.2, 0.25) is 0 Å². The maximum absolute atomic E-state index is 12.5. The topological polar surface area (TPSA) is 79.5 Å². The summed E-state index contributed by atoms with van der Waals surface area (Å²) in [4.78, 5) is 0. The molecule has 0 saturated carbocycles. The van der Waals surface area contributed by atoms with Crippen molar-refractivity contribution in [3.63, 3.8) is 0 Å². The van der Waals surface area contributed by atoms with Gasteiger partial charge >= 0.3 is 0 Å². The lowest BCUT2D eigenvalue weighted by atomic mass is 10.1. The molecule has 0 heterocycles. The second kappa shape index (κ2) is 5.89. The first-order valence-electron chi connectivity index (χ1n) is 7.00. The fourth-order valence-corrected chi connectivity index (χ4v) is 2.37. The predicted octanol–water partition coefficient (Wildman–Crippen LogP) is 2.86. The van der Waals surface area contributed by atoms with Gasteiger partial charge in [-0.1, -0.05) is 30.3 Å². The van der Waals surface area contributed by atoms with E-state index in [9.17, 15) is 5.21 Å². The molecule has 22 heavy (non-hydrogen) atoms. The zero-order valence-electron chi connectivity index (χ0n) is 12.0. The molecule has 0 saturated heterocycles. The third-order valence-corrected chi connectivity index (χ3v) is 3.58. The second-order valence-corrected chi connectivity index (χ2v) is 5.12. The van der Waals surface area contributed by atoms with Gasteiger partial charge in [-0.25, -0.2) is 0 Å². The minimum Gasteiger partial charge on any atom is -0.623 e. The van der Waals surface area contributed by atoms with Crippen LogP contribution >= 0.6 is 0 Å². The van der Waals surface area contributed by atoms with Crippen molar-refractivity contribution in [2.45, 2.75) is 0 Å². The molecule has 110 valence electrons. The summed E-state index contributed by atoms with van der Waals surface area (Å²) in [6.45, 7) is 0. The highest BCUT2D eigenvalue weighted by Gasteiger charge is 2.11. The van der Waals surface area contributed by atoms with Crippen LogP contribution in [0.5, 0.6) is 0 Å². The van der Waals surface area contributed by atoms with Crippen molar-refractivity contribution in [2.75, 3.05) is 11.5 Å². The third-order valence-electron chi connectivity index (χ3n) is 3.58. The van der Waals surface area contributed by atoms with Crippen LogP contribution in [0.4, 0.5) is 22.7 Å². The predicted molar refractivity (Wildman–Crippen MR) is 90.8 cm³/mol. The van der Waals surface area contributed by atoms with Crippen LogP contribution in [0.15, 0.2) is 72.8 Å². The first-order chi connectivity index (χ1) is 10.6. The van der Waals surface area contributed by atoms with Crippen LogP contribution < -0.4 is 16.5 Å². The molecular formula is C18H17N3O. The Kier molecular flexibility index (Phi) is 3.78. The van der Waals surface area contributed by atoms with Gasteiger partial charge in [-0.3, -0.25) is 0 Å². The van der Waals surface area contributed by atoms with Gasteiger partial charge in [0.25, 0.3) is 0 Å². The van der Waals surface area contributed by atoms with E-state index >= 15 is 0 Å². The van der Waals surface area contributed by atoms with E-state index in [4.69, 9.17) is 11.5 Å². The molecule has 0 radical (unpaired) electrons. The summed E-state index contributed by atoms with van der Waals surface area (Å²) in [5.41, 5.74) is 15.8. The third kappa shape index (κ3) is 2.79. The lowest BCUT2D eigenvalue weighted by Gasteiger charge is -2.23. The summed E-state index contributed by atoms with van der Waals surface area (Å²) in [5, 5.41) is 12.4. The van der Waals surface area contributed by atoms with E-state index in [0.29, 0.717) is 22.7 Å². The highest BCUT2D eigenvalue weighted by molar-refractivity contribution is 5.67. The minimum absolute atomic E-state index is 0.121. The lowest BCUT2D eigenvalue weighted by Crippen LogP contribution is -2.96. The molecule has 0 fully saturated rings. The van der Waals surface area contributed by atoms with Crippen LogP contribution in [-0.4, -0.2) is 0 Å². The molecule has 5 N–H and O–H groups in total. The van der Waals surface area contributed by atoms with Gasteiger partial charge in [-0.05, 0) is 35.4 Å². The Labute approximate surface area is 129 Å². The van der Waals surface area contributed by atoms with Crippen molar-refractivity contribution in [2.24, 2.45) is 0 Å². The van der Waals surface area contributed by atoms with Gasteiger partial charge in [0.05, 0.1) is 5.69 Å². The fourth-order valence-electron chi connectivity index (χ4n) is 2.37. The summed E-state index contributed by atoms with van der Waals surface area (Å²) in [7, 11) is 0. The first kappa shape index (κ1) is 14.1. The average Bonchev–Trinajstić information content (AvgIpc) is 2.57. The van der Waals surface area contributed by atoms with Crippen LogP contribution in [0.25, 0.3) is 11.1 Å². The van der Waals surface area contributed by atoms with E-state index in [0.717, 1.165) is 11.1 Å². The zero-order chi connectivity index (χ0) is 15.5. The summed E-state index contributed by atoms with van der Waals surface area (Å²) >= 11 is 0. The summed E-state index contributed by atoms with van der Waals surface area (Å²) < 4.78 is 0. The van der Waals surface area contributed by atoms with E-state index < -0.39 is 0 Å². The Morgan fingerprint density at radius 1 is 0.727 bits per heavy atom. The Morgan fingerprint density at radius 2 is 1.36 bits per heavy atom. The Balaban J connectivity index is 1.91. The normalized spacial score (nSPS) is 12.0. The van der Waals surface area contributed by atoms with Gasteiger partial charge in [0, 0.05) is 23.9 Å². The smallest absolute Gasteiger partial charge is 0.161 e. The van der Waals surface area contributed by atoms with Gasteiger partial charge in [-0.2, -0.15) is 0 Å². The van der Waals surface area contributed by atoms with Crippen molar-refractivity contribution in [1.82, 2.24) is 0 Å². The number of benzene rings is 3. The van der Waals surface area contributed by atoms with Gasteiger partial charge in [0.2, 0.25) is 0 Å². The quantitative estimate of drug-likeness (QED) is 0.513. The number of anilines is 2. The SMILES string of the molecule is Nc1ccc(N)c([NH+]([O-])c2ccc(-c3ccccc3)cc2)c1. The molecule has 0 amide bonds. The van der Waals surface area contributed by atoms with E-state index in [2.05, 4.69) is 0 Å². The van der Waals surface area contributed by atoms with E-state index in [1.807, 2.05) is 54.6 Å². The molecule has 0 aliphatic rings. The van der Waals surface area contributed by atoms with Crippen molar-refractivity contribution >= 4 is 22.7 Å². The molecule has 0 aliphatic heterocycles. The Bertz CT molecular complexity index is 770. The molecule has 0 spiro atoms. The summed E-state index contributed by atoms with van der Waals surface area (Å²) in [5.74, 6) is 0. The molecule has 1 unspecified atom stereocenters. The molecule has 0 aliphatic carbocycles. The van der Waals surface area contributed by atoms with Crippen LogP contribution in [0, 0.1) is 5.21 Å². The highest BCUT2D eigenvalue weighted by atomic mass is 16.5. The van der Waals surface area contributed by atoms with Crippen molar-refractivity contribution in [3.8, 4) is 11.1 Å². The number of hydrogen-bond donors (Lipinski definition) is 3. The number of nitrogens with two attached hydrogens (primary N) is 2. The van der Waals surface area contributed by atoms with Gasteiger partial charge in [0.1, 0.15) is 5.69 Å². The first-order valence-corrected chi connectivity index (χ1v) is 7.00. The van der Waals surface area contributed by atoms with Gasteiger partial charge in [-0.15, -0.1) is 0 Å². The number of hydrogen-bond acceptors (Lipinski definition) is 3. The van der Waals surface area contributed by atoms with Crippen molar-refractivity contribution in [3.05, 3.63) is 78.0 Å². The van der Waals surface area contributed by atoms with E-state index in [1.165, 1.54) is 0 Å². The standard InChI is InChI=1S/C18H17N3O/c19-15-8-11-17(20)18(12-15)21(22)16-9-6-14(7-10-16)13-4-2-1-3-5-13/h1-12,21H,19-20H2. The van der Waals surface area contributed by atoms with E-state index in [-0.39, 0.29) is 5.06 Å². The minimum atomic E-state index is -0.121. The maximum Gasteiger partial charge on any atom is 0.161 e. The van der Waals surface area contributed by atoms with Gasteiger partial charge in [0.15, 0.2) is 5.69 Å². The number of nitrogens with one attached hydrogen (secondary N) is 1. The molecule has 0 aromatic heterocycles. The lowest BCUT2D eigenvalue weighted by molar-refractivity contribution is -0.697. The molecule has 0 bridgehead atoms. The molecule has 4 heteroatoms. The Hall–Kier alpha value is -2.82. The Morgan fingerprint density at radius 3 is 2.05 bits per heavy atom. The monoisotopic (exact) mass is 291 g/mol. The molecule has 4 nitrogen and oxygen atoms in total. The van der Waals surface area contributed by atoms with Crippen LogP contribution in [-0.2, 0) is 0 Å². The number of quaternary nitrogens is 1. The van der Waals surface area contributed by atoms with Gasteiger partial charge < -0.3 is 21.7 Å². The summed E-state index contributed by atoms with van der Waals surface area (Å²) in [6.07, 6.45) is 0. The number of rotatable bonds is 3. The molecule has 3 aromatic rings. The van der Waals surface area contributed by atoms with Crippen LogP contribution in [0.3, 0.4) is 0 Å². The molecule has 3 aromatic carbocycles. The number of nitrogen functional groups attached to an aromatic ring is 2. The maximum atomic E-state index is 12.5. The fraction of sp³-hybridized carbons (Fsp3) is 0. The van der Waals surface area contributed by atoms with Crippen molar-refractivity contribution in [1.29, 1.82) is 0 Å². The summed E-state index contributed by atoms with van der Waals surface area (Å²) in [6, 6.07) is 22.5. The second-order valence-electron chi connectivity index (χ2n) is 5.12. The average molecular weight is 291 g/mol. The van der Waals surface area contributed by atoms with Crippen LogP contribution in [0.1, 0.15) is 0 Å². The zero-order valence-corrected chi connectivity index (χ0v) is 12.0. The molecule has 3 rings (SSSR count). The largest absolute Gasteiger partial charge is 0.623 e. The van der Waals surface area contributed by atoms with Crippen molar-refractivity contribution < 1.29 is 5.06 Å².